The second-order valence-electron chi connectivity index (χ2n) is 10.1. The summed E-state index contributed by atoms with van der Waals surface area (Å²) < 4.78 is 47.7. The van der Waals surface area contributed by atoms with Crippen LogP contribution >= 0.6 is 0 Å². The number of carbonyl (C=O) groups is 2. The first-order chi connectivity index (χ1) is 16.3. The molecule has 0 unspecified atom stereocenters. The molecule has 7 nitrogen and oxygen atoms in total. The van der Waals surface area contributed by atoms with Gasteiger partial charge in [0.2, 0.25) is 5.91 Å². The van der Waals surface area contributed by atoms with E-state index in [0.717, 1.165) is 25.1 Å². The lowest BCUT2D eigenvalue weighted by Crippen LogP contribution is -2.37. The highest BCUT2D eigenvalue weighted by molar-refractivity contribution is 5.99. The number of hydrogen-bond donors (Lipinski definition) is 1. The van der Waals surface area contributed by atoms with Crippen LogP contribution in [-0.2, 0) is 24.1 Å². The van der Waals surface area contributed by atoms with Gasteiger partial charge in [0.05, 0.1) is 24.3 Å². The number of nitrogens with zero attached hydrogens (tertiary/aromatic N) is 3. The Morgan fingerprint density at radius 2 is 1.86 bits per heavy atom. The van der Waals surface area contributed by atoms with E-state index in [9.17, 15) is 22.8 Å². The number of alkyl halides is 3. The number of rotatable bonds is 6. The second-order valence-corrected chi connectivity index (χ2v) is 10.1. The summed E-state index contributed by atoms with van der Waals surface area (Å²) in [7, 11) is 4.76. The normalized spacial score (nSPS) is 15.8. The van der Waals surface area contributed by atoms with Crippen LogP contribution in [0.25, 0.3) is 11.4 Å². The van der Waals surface area contributed by atoms with E-state index in [0.29, 0.717) is 18.8 Å². The second kappa shape index (κ2) is 10.0. The maximum Gasteiger partial charge on any atom is 0.416 e. The van der Waals surface area contributed by atoms with Gasteiger partial charge in [0.15, 0.2) is 5.78 Å². The molecular weight excluding hydrogens is 461 g/mol. The summed E-state index contributed by atoms with van der Waals surface area (Å²) >= 11 is 0. The molecule has 0 bridgehead atoms. The third-order valence-corrected chi connectivity index (χ3v) is 6.40. The van der Waals surface area contributed by atoms with Gasteiger partial charge in [-0.15, -0.1) is 0 Å². The van der Waals surface area contributed by atoms with Gasteiger partial charge in [0.25, 0.3) is 0 Å². The minimum absolute atomic E-state index is 0.0533. The van der Waals surface area contributed by atoms with Crippen LogP contribution < -0.4 is 10.1 Å². The predicted octanol–water partition coefficient (Wildman–Crippen LogP) is 4.39. The smallest absolute Gasteiger partial charge is 0.416 e. The van der Waals surface area contributed by atoms with Crippen molar-refractivity contribution in [2.75, 3.05) is 27.7 Å². The number of amides is 1. The highest BCUT2D eigenvalue weighted by atomic mass is 19.4. The average Bonchev–Trinajstić information content (AvgIpc) is 3.01. The van der Waals surface area contributed by atoms with Gasteiger partial charge in [0.1, 0.15) is 17.3 Å². The van der Waals surface area contributed by atoms with Gasteiger partial charge in [-0.05, 0) is 43.6 Å². The number of halogens is 3. The number of fused-ring (bicyclic) bond motifs is 1. The van der Waals surface area contributed by atoms with E-state index in [1.54, 1.807) is 0 Å². The first-order valence-corrected chi connectivity index (χ1v) is 11.6. The number of methoxy groups -OCH3 is 1. The molecule has 0 fully saturated rings. The summed E-state index contributed by atoms with van der Waals surface area (Å²) in [6.45, 7) is 7.37. The predicted molar refractivity (Wildman–Crippen MR) is 126 cm³/mol. The molecule has 1 atom stereocenters. The summed E-state index contributed by atoms with van der Waals surface area (Å²) in [5.41, 5.74) is -0.259. The third kappa shape index (κ3) is 5.86. The van der Waals surface area contributed by atoms with Gasteiger partial charge in [-0.2, -0.15) is 13.2 Å². The Morgan fingerprint density at radius 3 is 2.43 bits per heavy atom. The molecule has 1 aliphatic heterocycles. The fourth-order valence-corrected chi connectivity index (χ4v) is 4.42. The molecule has 1 aromatic heterocycles. The van der Waals surface area contributed by atoms with Crippen molar-refractivity contribution in [1.29, 1.82) is 0 Å². The molecular formula is C25H33F3N4O3. The lowest BCUT2D eigenvalue weighted by atomic mass is 9.77. The zero-order chi connectivity index (χ0) is 26.1. The molecule has 1 amide bonds. The zero-order valence-corrected chi connectivity index (χ0v) is 21.0. The number of hydrogen-bond acceptors (Lipinski definition) is 5. The molecule has 192 valence electrons. The fraction of sp³-hybridized carbons (Fsp3) is 0.560. The Hall–Kier alpha value is -2.88. The van der Waals surface area contributed by atoms with Crippen LogP contribution in [0.4, 0.5) is 13.2 Å². The third-order valence-electron chi connectivity index (χ3n) is 6.40. The molecule has 1 N–H and O–H groups in total. The minimum Gasteiger partial charge on any atom is -0.497 e. The van der Waals surface area contributed by atoms with Gasteiger partial charge >= 0.3 is 6.18 Å². The van der Waals surface area contributed by atoms with Gasteiger partial charge < -0.3 is 19.5 Å². The van der Waals surface area contributed by atoms with Gasteiger partial charge in [0, 0.05) is 32.1 Å². The molecule has 0 spiro atoms. The Morgan fingerprint density at radius 1 is 1.17 bits per heavy atom. The number of ether oxygens (including phenoxy) is 1. The van der Waals surface area contributed by atoms with Crippen molar-refractivity contribution in [3.05, 3.63) is 35.2 Å². The van der Waals surface area contributed by atoms with E-state index in [-0.39, 0.29) is 40.9 Å². The number of aromatic nitrogens is 2. The summed E-state index contributed by atoms with van der Waals surface area (Å²) in [4.78, 5) is 32.7. The summed E-state index contributed by atoms with van der Waals surface area (Å²) in [5, 5.41) is 2.63. The topological polar surface area (TPSA) is 76.5 Å². The van der Waals surface area contributed by atoms with Crippen LogP contribution in [-0.4, -0.2) is 53.9 Å². The van der Waals surface area contributed by atoms with E-state index >= 15 is 0 Å². The van der Waals surface area contributed by atoms with Crippen molar-refractivity contribution in [1.82, 2.24) is 19.8 Å². The van der Waals surface area contributed by atoms with Crippen LogP contribution in [0.5, 0.6) is 5.75 Å². The van der Waals surface area contributed by atoms with E-state index in [1.807, 2.05) is 37.3 Å². The van der Waals surface area contributed by atoms with Gasteiger partial charge in [-0.1, -0.05) is 20.8 Å². The van der Waals surface area contributed by atoms with Gasteiger partial charge in [-0.3, -0.25) is 9.59 Å². The Labute approximate surface area is 203 Å². The van der Waals surface area contributed by atoms with Crippen LogP contribution in [0, 0.1) is 11.3 Å². The maximum atomic E-state index is 13.6. The monoisotopic (exact) mass is 494 g/mol. The summed E-state index contributed by atoms with van der Waals surface area (Å²) in [6.07, 6.45) is -3.87. The van der Waals surface area contributed by atoms with Crippen molar-refractivity contribution < 1.29 is 27.5 Å². The van der Waals surface area contributed by atoms with Crippen LogP contribution in [0.1, 0.15) is 55.4 Å². The number of benzene rings is 1. The molecule has 2 aromatic rings. The highest BCUT2D eigenvalue weighted by Gasteiger charge is 2.36. The minimum atomic E-state index is -4.57. The number of imidazole rings is 1. The molecule has 0 saturated heterocycles. The quantitative estimate of drug-likeness (QED) is 0.603. The number of nitrogens with one attached hydrogen (secondary N) is 1. The Balaban J connectivity index is 2.15. The average molecular weight is 495 g/mol. The fourth-order valence-electron chi connectivity index (χ4n) is 4.42. The van der Waals surface area contributed by atoms with E-state index in [2.05, 4.69) is 10.3 Å². The number of Topliss-reactive ketones (excluding diaryl/α,β-unsaturated/α-hetero) is 1. The summed E-state index contributed by atoms with van der Waals surface area (Å²) in [5.74, 6) is -0.791. The Kier molecular flexibility index (Phi) is 7.64. The molecule has 35 heavy (non-hydrogen) atoms. The number of carbonyl (C=O) groups excluding carboxylic acids is 2. The van der Waals surface area contributed by atoms with Crippen molar-refractivity contribution in [2.45, 2.75) is 52.9 Å². The van der Waals surface area contributed by atoms with E-state index in [4.69, 9.17) is 4.74 Å². The van der Waals surface area contributed by atoms with E-state index < -0.39 is 23.1 Å². The molecule has 10 heteroatoms. The standard InChI is InChI=1S/C25H33F3N4O3/c1-24(2,3)18(23(34)29-4)13-20(33)21-19-14-31(5)8-7-9-32(19)22(30-21)15-10-16(25(26,27)28)12-17(11-15)35-6/h10-12,18H,7-9,13-14H2,1-6H3,(H,29,34)/t18-/m1/s1. The van der Waals surface area contributed by atoms with Crippen LogP contribution in [0.15, 0.2) is 18.2 Å². The van der Waals surface area contributed by atoms with Crippen molar-refractivity contribution in [3.63, 3.8) is 0 Å². The maximum absolute atomic E-state index is 13.6. The molecule has 1 aliphatic rings. The van der Waals surface area contributed by atoms with Crippen molar-refractivity contribution in [3.8, 4) is 17.1 Å². The molecule has 0 aliphatic carbocycles. The SMILES string of the molecule is CNC(=O)[C@@H](CC(=O)c1nc(-c2cc(OC)cc(C(F)(F)F)c2)n2c1CN(C)CCC2)C(C)(C)C. The zero-order valence-electron chi connectivity index (χ0n) is 21.0. The molecule has 0 saturated carbocycles. The van der Waals surface area contributed by atoms with Crippen LogP contribution in [0.3, 0.4) is 0 Å². The first-order valence-electron chi connectivity index (χ1n) is 11.6. The molecule has 1 aromatic carbocycles. The summed E-state index contributed by atoms with van der Waals surface area (Å²) in [6, 6.07) is 3.46. The first kappa shape index (κ1) is 26.7. The highest BCUT2D eigenvalue weighted by Crippen LogP contribution is 2.37. The van der Waals surface area contributed by atoms with Crippen molar-refractivity contribution in [2.24, 2.45) is 11.3 Å². The van der Waals surface area contributed by atoms with Crippen LogP contribution in [0.2, 0.25) is 0 Å². The number of ketones is 1. The Bertz CT molecular complexity index is 1100. The molecule has 3 rings (SSSR count). The molecule has 0 radical (unpaired) electrons. The lowest BCUT2D eigenvalue weighted by Gasteiger charge is -2.28. The largest absolute Gasteiger partial charge is 0.497 e. The lowest BCUT2D eigenvalue weighted by molar-refractivity contribution is -0.137. The van der Waals surface area contributed by atoms with Gasteiger partial charge in [-0.25, -0.2) is 4.98 Å². The van der Waals surface area contributed by atoms with Crippen molar-refractivity contribution >= 4 is 11.7 Å². The van der Waals surface area contributed by atoms with E-state index in [1.165, 1.54) is 20.2 Å². The molecule has 2 heterocycles.